The number of nitrogens with zero attached hydrogens (tertiary/aromatic N) is 1. The molecule has 0 fully saturated rings. The van der Waals surface area contributed by atoms with Crippen LogP contribution in [0.2, 0.25) is 0 Å². The predicted octanol–water partition coefficient (Wildman–Crippen LogP) is 2.43. The minimum absolute atomic E-state index is 0.161. The number of hydrogen-bond acceptors (Lipinski definition) is 2. The Morgan fingerprint density at radius 1 is 1.46 bits per heavy atom. The van der Waals surface area contributed by atoms with Gasteiger partial charge in [-0.3, -0.25) is 4.98 Å². The van der Waals surface area contributed by atoms with Gasteiger partial charge in [-0.25, -0.2) is 0 Å². The molecule has 2 atom stereocenters. The number of pyridine rings is 1. The van der Waals surface area contributed by atoms with Crippen LogP contribution in [0.15, 0.2) is 24.4 Å². The van der Waals surface area contributed by atoms with Crippen LogP contribution in [0.4, 0.5) is 0 Å². The zero-order chi connectivity index (χ0) is 9.26. The van der Waals surface area contributed by atoms with Gasteiger partial charge in [0.25, 0.3) is 0 Å². The second-order valence-corrected chi connectivity index (χ2v) is 3.35. The molecule has 0 N–H and O–H groups in total. The maximum Gasteiger partial charge on any atom is 0.0901 e. The third-order valence-electron chi connectivity index (χ3n) is 2.47. The number of rotatable bonds is 1. The predicted molar refractivity (Wildman–Crippen MR) is 52.2 cm³/mol. The SMILES string of the molecule is COC1c2cccnc2C=CC1C. The Bertz CT molecular complexity index is 333. The van der Waals surface area contributed by atoms with Gasteiger partial charge in [-0.2, -0.15) is 0 Å². The van der Waals surface area contributed by atoms with E-state index < -0.39 is 0 Å². The molecule has 0 saturated carbocycles. The average Bonchev–Trinajstić information content (AvgIpc) is 2.18. The van der Waals surface area contributed by atoms with E-state index in [0.29, 0.717) is 5.92 Å². The molecule has 2 nitrogen and oxygen atoms in total. The highest BCUT2D eigenvalue weighted by molar-refractivity contribution is 5.53. The summed E-state index contributed by atoms with van der Waals surface area (Å²) >= 11 is 0. The Kier molecular flexibility index (Phi) is 2.15. The molecule has 0 spiro atoms. The number of aromatic nitrogens is 1. The first-order chi connectivity index (χ1) is 6.33. The van der Waals surface area contributed by atoms with Crippen LogP contribution in [0.3, 0.4) is 0 Å². The van der Waals surface area contributed by atoms with E-state index in [1.807, 2.05) is 12.3 Å². The number of ether oxygens (including phenoxy) is 1. The summed E-state index contributed by atoms with van der Waals surface area (Å²) < 4.78 is 5.44. The summed E-state index contributed by atoms with van der Waals surface area (Å²) in [6.45, 7) is 2.15. The first-order valence-corrected chi connectivity index (χ1v) is 4.49. The topological polar surface area (TPSA) is 22.1 Å². The van der Waals surface area contributed by atoms with Crippen molar-refractivity contribution in [3.05, 3.63) is 35.7 Å². The summed E-state index contributed by atoms with van der Waals surface area (Å²) in [5.41, 5.74) is 2.23. The molecule has 0 aromatic carbocycles. The molecule has 68 valence electrons. The lowest BCUT2D eigenvalue weighted by molar-refractivity contribution is 0.0726. The largest absolute Gasteiger partial charge is 0.376 e. The molecule has 1 aliphatic rings. The van der Waals surface area contributed by atoms with Crippen LogP contribution in [0.5, 0.6) is 0 Å². The molecule has 0 radical (unpaired) electrons. The quantitative estimate of drug-likeness (QED) is 0.654. The fourth-order valence-electron chi connectivity index (χ4n) is 1.78. The van der Waals surface area contributed by atoms with E-state index in [9.17, 15) is 0 Å². The Labute approximate surface area is 78.3 Å². The van der Waals surface area contributed by atoms with Crippen molar-refractivity contribution in [3.8, 4) is 0 Å². The van der Waals surface area contributed by atoms with Crippen LogP contribution in [-0.2, 0) is 4.74 Å². The van der Waals surface area contributed by atoms with Gasteiger partial charge < -0.3 is 4.74 Å². The van der Waals surface area contributed by atoms with Crippen molar-refractivity contribution in [2.24, 2.45) is 5.92 Å². The molecule has 1 aliphatic carbocycles. The minimum atomic E-state index is 0.161. The van der Waals surface area contributed by atoms with Crippen molar-refractivity contribution < 1.29 is 4.74 Å². The standard InChI is InChI=1S/C11H13NO/c1-8-5-6-10-9(11(8)13-2)4-3-7-12-10/h3-8,11H,1-2H3. The van der Waals surface area contributed by atoms with E-state index in [2.05, 4.69) is 30.1 Å². The Morgan fingerprint density at radius 2 is 2.31 bits per heavy atom. The van der Waals surface area contributed by atoms with E-state index in [1.54, 1.807) is 7.11 Å². The van der Waals surface area contributed by atoms with E-state index >= 15 is 0 Å². The van der Waals surface area contributed by atoms with E-state index in [1.165, 1.54) is 5.56 Å². The Balaban J connectivity index is 2.47. The van der Waals surface area contributed by atoms with Crippen LogP contribution in [0.1, 0.15) is 24.3 Å². The van der Waals surface area contributed by atoms with Crippen molar-refractivity contribution in [2.75, 3.05) is 7.11 Å². The molecule has 0 aliphatic heterocycles. The van der Waals surface area contributed by atoms with Gasteiger partial charge in [-0.05, 0) is 12.1 Å². The van der Waals surface area contributed by atoms with E-state index in [0.717, 1.165) is 5.69 Å². The molecule has 13 heavy (non-hydrogen) atoms. The molecule has 0 saturated heterocycles. The summed E-state index contributed by atoms with van der Waals surface area (Å²) in [7, 11) is 1.75. The van der Waals surface area contributed by atoms with Crippen molar-refractivity contribution in [1.29, 1.82) is 0 Å². The fourth-order valence-corrected chi connectivity index (χ4v) is 1.78. The minimum Gasteiger partial charge on any atom is -0.376 e. The van der Waals surface area contributed by atoms with Gasteiger partial charge in [0.2, 0.25) is 0 Å². The Hall–Kier alpha value is -1.15. The zero-order valence-electron chi connectivity index (χ0n) is 7.90. The van der Waals surface area contributed by atoms with Crippen LogP contribution in [0.25, 0.3) is 6.08 Å². The van der Waals surface area contributed by atoms with Gasteiger partial charge in [0.15, 0.2) is 0 Å². The van der Waals surface area contributed by atoms with Gasteiger partial charge in [-0.1, -0.05) is 19.1 Å². The second-order valence-electron chi connectivity index (χ2n) is 3.35. The molecular weight excluding hydrogens is 162 g/mol. The third-order valence-corrected chi connectivity index (χ3v) is 2.47. The van der Waals surface area contributed by atoms with E-state index in [-0.39, 0.29) is 6.10 Å². The number of methoxy groups -OCH3 is 1. The van der Waals surface area contributed by atoms with Gasteiger partial charge >= 0.3 is 0 Å². The lowest BCUT2D eigenvalue weighted by Gasteiger charge is -2.25. The van der Waals surface area contributed by atoms with E-state index in [4.69, 9.17) is 4.74 Å². The summed E-state index contributed by atoms with van der Waals surface area (Å²) in [5, 5.41) is 0. The van der Waals surface area contributed by atoms with Gasteiger partial charge in [0, 0.05) is 24.8 Å². The Morgan fingerprint density at radius 3 is 3.08 bits per heavy atom. The third kappa shape index (κ3) is 1.38. The first-order valence-electron chi connectivity index (χ1n) is 4.49. The van der Waals surface area contributed by atoms with Gasteiger partial charge in [-0.15, -0.1) is 0 Å². The first kappa shape index (κ1) is 8.45. The highest BCUT2D eigenvalue weighted by atomic mass is 16.5. The van der Waals surface area contributed by atoms with Crippen molar-refractivity contribution in [3.63, 3.8) is 0 Å². The van der Waals surface area contributed by atoms with Crippen LogP contribution >= 0.6 is 0 Å². The number of hydrogen-bond donors (Lipinski definition) is 0. The average molecular weight is 175 g/mol. The fraction of sp³-hybridized carbons (Fsp3) is 0.364. The molecule has 2 heteroatoms. The summed E-state index contributed by atoms with van der Waals surface area (Å²) in [5.74, 6) is 0.432. The molecule has 1 aromatic rings. The lowest BCUT2D eigenvalue weighted by atomic mass is 9.91. The number of fused-ring (bicyclic) bond motifs is 1. The van der Waals surface area contributed by atoms with Crippen LogP contribution < -0.4 is 0 Å². The van der Waals surface area contributed by atoms with Gasteiger partial charge in [0.05, 0.1) is 11.8 Å². The van der Waals surface area contributed by atoms with Crippen molar-refractivity contribution >= 4 is 6.08 Å². The van der Waals surface area contributed by atoms with Crippen LogP contribution in [0, 0.1) is 5.92 Å². The zero-order valence-corrected chi connectivity index (χ0v) is 7.90. The van der Waals surface area contributed by atoms with Crippen LogP contribution in [-0.4, -0.2) is 12.1 Å². The molecule has 2 unspecified atom stereocenters. The van der Waals surface area contributed by atoms with Crippen molar-refractivity contribution in [2.45, 2.75) is 13.0 Å². The lowest BCUT2D eigenvalue weighted by Crippen LogP contribution is -2.15. The summed E-state index contributed by atoms with van der Waals surface area (Å²) in [6, 6.07) is 4.03. The van der Waals surface area contributed by atoms with Gasteiger partial charge in [0.1, 0.15) is 0 Å². The summed E-state index contributed by atoms with van der Waals surface area (Å²) in [4.78, 5) is 4.29. The molecule has 1 aromatic heterocycles. The summed E-state index contributed by atoms with van der Waals surface area (Å²) in [6.07, 6.45) is 6.18. The molecule has 0 amide bonds. The maximum atomic E-state index is 5.44. The normalized spacial score (nSPS) is 25.7. The highest BCUT2D eigenvalue weighted by Gasteiger charge is 2.22. The monoisotopic (exact) mass is 175 g/mol. The maximum absolute atomic E-state index is 5.44. The molecule has 0 bridgehead atoms. The smallest absolute Gasteiger partial charge is 0.0901 e. The second kappa shape index (κ2) is 3.30. The molecule has 2 rings (SSSR count). The van der Waals surface area contributed by atoms with Crippen molar-refractivity contribution in [1.82, 2.24) is 4.98 Å². The highest BCUT2D eigenvalue weighted by Crippen LogP contribution is 2.32. The molecular formula is C11H13NO. The molecule has 1 heterocycles.